The van der Waals surface area contributed by atoms with Gasteiger partial charge in [0.2, 0.25) is 0 Å². The van der Waals surface area contributed by atoms with Gasteiger partial charge in [0.15, 0.2) is 0 Å². The lowest BCUT2D eigenvalue weighted by atomic mass is 9.85. The first-order valence-electron chi connectivity index (χ1n) is 11.7. The standard InChI is InChI=1S/C25H27FN4O3/c26-16-4-7-22-20(13-16)23-21(14-33-22)24(15-2-1-3-19(31)12-15)30(28-23)25(32)29(17-5-6-17)18-8-10-27-11-9-18/h1-4,7,12-13,17-18,21,24,27,31H,5-6,8-11,14H2. The van der Waals surface area contributed by atoms with Crippen LogP contribution in [0.25, 0.3) is 0 Å². The van der Waals surface area contributed by atoms with E-state index in [-0.39, 0.29) is 35.6 Å². The number of aromatic hydroxyl groups is 1. The van der Waals surface area contributed by atoms with Gasteiger partial charge in [-0.15, -0.1) is 0 Å². The van der Waals surface area contributed by atoms with Crippen LogP contribution < -0.4 is 10.1 Å². The van der Waals surface area contributed by atoms with Crippen molar-refractivity contribution in [3.05, 3.63) is 59.4 Å². The molecule has 2 fully saturated rings. The zero-order chi connectivity index (χ0) is 22.5. The van der Waals surface area contributed by atoms with Crippen LogP contribution in [-0.2, 0) is 0 Å². The van der Waals surface area contributed by atoms with E-state index >= 15 is 0 Å². The molecule has 2 aromatic carbocycles. The quantitative estimate of drug-likeness (QED) is 0.749. The minimum atomic E-state index is -0.431. The van der Waals surface area contributed by atoms with Gasteiger partial charge in [0.05, 0.1) is 24.3 Å². The first kappa shape index (κ1) is 20.5. The van der Waals surface area contributed by atoms with E-state index in [0.717, 1.165) is 44.3 Å². The molecule has 7 nitrogen and oxygen atoms in total. The second-order valence-electron chi connectivity index (χ2n) is 9.33. The number of ether oxygens (including phenoxy) is 1. The predicted molar refractivity (Wildman–Crippen MR) is 121 cm³/mol. The molecular weight excluding hydrogens is 423 g/mol. The Labute approximate surface area is 191 Å². The Bertz CT molecular complexity index is 1110. The molecular formula is C25H27FN4O3. The van der Waals surface area contributed by atoms with Crippen molar-refractivity contribution in [2.45, 2.75) is 43.8 Å². The average molecular weight is 451 g/mol. The monoisotopic (exact) mass is 450 g/mol. The summed E-state index contributed by atoms with van der Waals surface area (Å²) in [5, 5.41) is 19.9. The van der Waals surface area contributed by atoms with Gasteiger partial charge >= 0.3 is 6.03 Å². The van der Waals surface area contributed by atoms with Crippen LogP contribution in [0, 0.1) is 11.7 Å². The number of nitrogens with one attached hydrogen (secondary N) is 1. The molecule has 2 amide bonds. The number of hydrazone groups is 1. The van der Waals surface area contributed by atoms with Gasteiger partial charge in [-0.3, -0.25) is 0 Å². The Balaban J connectivity index is 1.42. The van der Waals surface area contributed by atoms with E-state index in [1.165, 1.54) is 12.1 Å². The molecule has 4 aliphatic rings. The summed E-state index contributed by atoms with van der Waals surface area (Å²) in [5.41, 5.74) is 2.04. The highest BCUT2D eigenvalue weighted by Gasteiger charge is 2.49. The fourth-order valence-corrected chi connectivity index (χ4v) is 5.41. The van der Waals surface area contributed by atoms with Gasteiger partial charge < -0.3 is 20.1 Å². The zero-order valence-electron chi connectivity index (χ0n) is 18.3. The molecule has 2 unspecified atom stereocenters. The highest BCUT2D eigenvalue weighted by molar-refractivity contribution is 6.07. The summed E-state index contributed by atoms with van der Waals surface area (Å²) in [6.45, 7) is 2.13. The highest BCUT2D eigenvalue weighted by Crippen LogP contribution is 2.45. The molecule has 2 atom stereocenters. The van der Waals surface area contributed by atoms with Gasteiger partial charge in [-0.2, -0.15) is 5.10 Å². The Morgan fingerprint density at radius 2 is 1.91 bits per heavy atom. The van der Waals surface area contributed by atoms with E-state index < -0.39 is 6.04 Å². The minimum Gasteiger partial charge on any atom is -0.508 e. The third-order valence-electron chi connectivity index (χ3n) is 7.12. The maximum Gasteiger partial charge on any atom is 0.341 e. The SMILES string of the molecule is O=C(N1N=C2c3cc(F)ccc3OCC2C1c1cccc(O)c1)N(C1CCNCC1)C1CC1. The molecule has 3 aliphatic heterocycles. The maximum atomic E-state index is 14.1. The molecule has 1 saturated carbocycles. The zero-order valence-corrected chi connectivity index (χ0v) is 18.3. The third kappa shape index (κ3) is 3.62. The fraction of sp³-hybridized carbons (Fsp3) is 0.440. The molecule has 0 bridgehead atoms. The molecule has 172 valence electrons. The number of rotatable bonds is 3. The molecule has 0 spiro atoms. The van der Waals surface area contributed by atoms with Crippen LogP contribution in [0.5, 0.6) is 11.5 Å². The van der Waals surface area contributed by atoms with Gasteiger partial charge in [0, 0.05) is 17.6 Å². The number of urea groups is 1. The van der Waals surface area contributed by atoms with Crippen molar-refractivity contribution in [2.75, 3.05) is 19.7 Å². The number of hydrogen-bond donors (Lipinski definition) is 2. The van der Waals surface area contributed by atoms with E-state index in [0.29, 0.717) is 23.6 Å². The Hall–Kier alpha value is -3.13. The van der Waals surface area contributed by atoms with Crippen molar-refractivity contribution >= 4 is 11.7 Å². The largest absolute Gasteiger partial charge is 0.508 e. The van der Waals surface area contributed by atoms with Crippen molar-refractivity contribution < 1.29 is 19.0 Å². The van der Waals surface area contributed by atoms with E-state index in [1.54, 1.807) is 29.3 Å². The van der Waals surface area contributed by atoms with Crippen LogP contribution >= 0.6 is 0 Å². The lowest BCUT2D eigenvalue weighted by molar-refractivity contribution is 0.0984. The van der Waals surface area contributed by atoms with Crippen LogP contribution in [0.1, 0.15) is 42.9 Å². The second kappa shape index (κ2) is 8.02. The van der Waals surface area contributed by atoms with E-state index in [1.807, 2.05) is 11.0 Å². The summed E-state index contributed by atoms with van der Waals surface area (Å²) < 4.78 is 20.1. The number of phenols is 1. The summed E-state index contributed by atoms with van der Waals surface area (Å²) in [6, 6.07) is 11.3. The molecule has 2 aromatic rings. The van der Waals surface area contributed by atoms with Crippen molar-refractivity contribution in [2.24, 2.45) is 11.0 Å². The first-order chi connectivity index (χ1) is 16.1. The van der Waals surface area contributed by atoms with Crippen LogP contribution in [-0.4, -0.2) is 58.5 Å². The molecule has 1 saturated heterocycles. The number of hydrogen-bond acceptors (Lipinski definition) is 5. The van der Waals surface area contributed by atoms with Crippen molar-refractivity contribution in [1.82, 2.24) is 15.2 Å². The van der Waals surface area contributed by atoms with Gasteiger partial charge in [-0.1, -0.05) is 12.1 Å². The molecule has 0 aromatic heterocycles. The van der Waals surface area contributed by atoms with Crippen molar-refractivity contribution in [3.8, 4) is 11.5 Å². The molecule has 2 N–H and O–H groups in total. The summed E-state index contributed by atoms with van der Waals surface area (Å²) >= 11 is 0. The molecule has 0 radical (unpaired) electrons. The lowest BCUT2D eigenvalue weighted by Crippen LogP contribution is -2.51. The fourth-order valence-electron chi connectivity index (χ4n) is 5.41. The summed E-state index contributed by atoms with van der Waals surface area (Å²) in [4.78, 5) is 16.1. The van der Waals surface area contributed by atoms with E-state index in [4.69, 9.17) is 9.84 Å². The van der Waals surface area contributed by atoms with Crippen molar-refractivity contribution in [3.63, 3.8) is 0 Å². The Morgan fingerprint density at radius 1 is 1.12 bits per heavy atom. The molecule has 8 heteroatoms. The van der Waals surface area contributed by atoms with E-state index in [2.05, 4.69) is 5.32 Å². The van der Waals surface area contributed by atoms with Gasteiger partial charge in [-0.05, 0) is 74.7 Å². The third-order valence-corrected chi connectivity index (χ3v) is 7.12. The highest BCUT2D eigenvalue weighted by atomic mass is 19.1. The molecule has 1 aliphatic carbocycles. The van der Waals surface area contributed by atoms with Gasteiger partial charge in [0.1, 0.15) is 17.3 Å². The Kier molecular flexibility index (Phi) is 4.98. The van der Waals surface area contributed by atoms with Crippen LogP contribution in [0.15, 0.2) is 47.6 Å². The van der Waals surface area contributed by atoms with Gasteiger partial charge in [-0.25, -0.2) is 14.2 Å². The number of carbonyl (C=O) groups is 1. The molecule has 6 rings (SSSR count). The number of phenolic OH excluding ortho intramolecular Hbond substituents is 1. The second-order valence-corrected chi connectivity index (χ2v) is 9.33. The number of nitrogens with zero attached hydrogens (tertiary/aromatic N) is 3. The van der Waals surface area contributed by atoms with Crippen LogP contribution in [0.4, 0.5) is 9.18 Å². The summed E-state index contributed by atoms with van der Waals surface area (Å²) in [7, 11) is 0. The normalized spacial score (nSPS) is 24.5. The predicted octanol–water partition coefficient (Wildman–Crippen LogP) is 3.64. The summed E-state index contributed by atoms with van der Waals surface area (Å²) in [5.74, 6) is 0.0921. The van der Waals surface area contributed by atoms with Crippen molar-refractivity contribution in [1.29, 1.82) is 0 Å². The topological polar surface area (TPSA) is 77.4 Å². The molecule has 3 heterocycles. The number of carbonyl (C=O) groups excluding carboxylic acids is 1. The van der Waals surface area contributed by atoms with Gasteiger partial charge in [0.25, 0.3) is 0 Å². The molecule has 33 heavy (non-hydrogen) atoms. The lowest BCUT2D eigenvalue weighted by Gasteiger charge is -2.38. The smallest absolute Gasteiger partial charge is 0.341 e. The average Bonchev–Trinajstić information content (AvgIpc) is 3.57. The number of halogens is 1. The minimum absolute atomic E-state index is 0.113. The van der Waals surface area contributed by atoms with E-state index in [9.17, 15) is 14.3 Å². The maximum absolute atomic E-state index is 14.1. The number of piperidine rings is 1. The number of benzene rings is 2. The van der Waals surface area contributed by atoms with Crippen LogP contribution in [0.2, 0.25) is 0 Å². The van der Waals surface area contributed by atoms with Crippen LogP contribution in [0.3, 0.4) is 0 Å². The summed E-state index contributed by atoms with van der Waals surface area (Å²) in [6.07, 6.45) is 3.86. The Morgan fingerprint density at radius 3 is 2.67 bits per heavy atom. The number of amides is 2. The first-order valence-corrected chi connectivity index (χ1v) is 11.7. The number of fused-ring (bicyclic) bond motifs is 3.